The van der Waals surface area contributed by atoms with Gasteiger partial charge in [-0.3, -0.25) is 9.59 Å². The highest BCUT2D eigenvalue weighted by atomic mass is 16.7. The summed E-state index contributed by atoms with van der Waals surface area (Å²) in [6.07, 6.45) is 1.23. The second-order valence-corrected chi connectivity index (χ2v) is 8.67. The van der Waals surface area contributed by atoms with Crippen LogP contribution in [0.15, 0.2) is 42.5 Å². The molecule has 2 aromatic carbocycles. The van der Waals surface area contributed by atoms with E-state index in [1.807, 2.05) is 0 Å². The first kappa shape index (κ1) is 20.7. The quantitative estimate of drug-likeness (QED) is 0.309. The zero-order valence-corrected chi connectivity index (χ0v) is 18.3. The van der Waals surface area contributed by atoms with Gasteiger partial charge in [-0.2, -0.15) is 0 Å². The Kier molecular flexibility index (Phi) is 4.15. The number of hydrogen-bond donors (Lipinski definition) is 3. The minimum absolute atomic E-state index is 0.0341. The molecular weight excluding hydrogens is 434 g/mol. The van der Waals surface area contributed by atoms with Crippen molar-refractivity contribution in [3.8, 4) is 29.4 Å². The fourth-order valence-electron chi connectivity index (χ4n) is 5.55. The number of carbonyl (C=O) groups excluding carboxylic acids is 2. The maximum Gasteiger partial charge on any atom is 0.198 e. The van der Waals surface area contributed by atoms with Crippen LogP contribution in [0.4, 0.5) is 5.69 Å². The fourth-order valence-corrected chi connectivity index (χ4v) is 5.55. The van der Waals surface area contributed by atoms with Crippen molar-refractivity contribution in [3.63, 3.8) is 0 Å². The minimum Gasteiger partial charge on any atom is -0.507 e. The Morgan fingerprint density at radius 1 is 1.09 bits per heavy atom. The molecule has 2 heterocycles. The molecule has 7 heteroatoms. The number of methoxy groups -OCH3 is 1. The van der Waals surface area contributed by atoms with E-state index in [1.165, 1.54) is 19.3 Å². The number of anilines is 1. The normalized spacial score (nSPS) is 31.0. The number of epoxide rings is 1. The third kappa shape index (κ3) is 2.29. The smallest absolute Gasteiger partial charge is 0.198 e. The van der Waals surface area contributed by atoms with Gasteiger partial charge in [0.15, 0.2) is 28.9 Å². The Bertz CT molecular complexity index is 1470. The van der Waals surface area contributed by atoms with Crippen LogP contribution in [0.3, 0.4) is 0 Å². The summed E-state index contributed by atoms with van der Waals surface area (Å²) in [6, 6.07) is 7.17. The number of rotatable bonds is 2. The Labute approximate surface area is 195 Å². The molecule has 4 aliphatic rings. The molecule has 1 unspecified atom stereocenters. The molecule has 168 valence electrons. The molecule has 0 radical (unpaired) electrons. The van der Waals surface area contributed by atoms with E-state index in [0.29, 0.717) is 11.3 Å². The van der Waals surface area contributed by atoms with Gasteiger partial charge in [-0.25, -0.2) is 0 Å². The van der Waals surface area contributed by atoms with E-state index in [0.717, 1.165) is 0 Å². The largest absolute Gasteiger partial charge is 0.507 e. The summed E-state index contributed by atoms with van der Waals surface area (Å²) in [7, 11) is 1.53. The second-order valence-electron chi connectivity index (χ2n) is 8.67. The lowest BCUT2D eigenvalue weighted by Gasteiger charge is -2.38. The van der Waals surface area contributed by atoms with Crippen LogP contribution in [0, 0.1) is 23.7 Å². The molecule has 5 atom stereocenters. The molecule has 3 N–H and O–H groups in total. The van der Waals surface area contributed by atoms with E-state index in [9.17, 15) is 19.8 Å². The Morgan fingerprint density at radius 2 is 1.74 bits per heavy atom. The van der Waals surface area contributed by atoms with Crippen molar-refractivity contribution >= 4 is 17.3 Å². The lowest BCUT2D eigenvalue weighted by Crippen LogP contribution is -2.55. The number of aliphatic hydroxyl groups excluding tert-OH is 1. The summed E-state index contributed by atoms with van der Waals surface area (Å²) in [5.41, 5.74) is -1.54. The van der Waals surface area contributed by atoms with Crippen LogP contribution >= 0.6 is 0 Å². The van der Waals surface area contributed by atoms with Crippen molar-refractivity contribution in [2.75, 3.05) is 12.4 Å². The predicted molar refractivity (Wildman–Crippen MR) is 121 cm³/mol. The number of ketones is 2. The van der Waals surface area contributed by atoms with E-state index < -0.39 is 41.0 Å². The highest BCUT2D eigenvalue weighted by molar-refractivity contribution is 6.31. The van der Waals surface area contributed by atoms with Gasteiger partial charge < -0.3 is 25.0 Å². The molecule has 0 amide bonds. The molecule has 2 bridgehead atoms. The number of benzene rings is 2. The maximum absolute atomic E-state index is 13.6. The molecule has 6 rings (SSSR count). The Balaban J connectivity index is 1.68. The molecule has 7 nitrogen and oxygen atoms in total. The van der Waals surface area contributed by atoms with Gasteiger partial charge in [0.25, 0.3) is 0 Å². The first-order valence-electron chi connectivity index (χ1n) is 10.8. The minimum atomic E-state index is -1.44. The third-order valence-corrected chi connectivity index (χ3v) is 7.20. The number of carbonyl (C=O) groups is 2. The van der Waals surface area contributed by atoms with E-state index in [1.54, 1.807) is 37.3 Å². The summed E-state index contributed by atoms with van der Waals surface area (Å²) in [5, 5.41) is 25.6. The number of hydrogen-bond acceptors (Lipinski definition) is 7. The summed E-state index contributed by atoms with van der Waals surface area (Å²) < 4.78 is 12.0. The van der Waals surface area contributed by atoms with Crippen LogP contribution in [0.2, 0.25) is 0 Å². The lowest BCUT2D eigenvalue weighted by molar-refractivity contribution is 0.0406. The number of allylic oxidation sites excluding steroid dienone is 2. The number of fused-ring (bicyclic) bond motifs is 4. The van der Waals surface area contributed by atoms with E-state index >= 15 is 0 Å². The van der Waals surface area contributed by atoms with Gasteiger partial charge in [-0.05, 0) is 25.1 Å². The average molecular weight is 453 g/mol. The molecule has 2 aromatic rings. The Morgan fingerprint density at radius 3 is 2.41 bits per heavy atom. The zero-order chi connectivity index (χ0) is 23.8. The fraction of sp³-hybridized carbons (Fsp3) is 0.259. The van der Waals surface area contributed by atoms with Crippen LogP contribution < -0.4 is 5.32 Å². The van der Waals surface area contributed by atoms with Crippen molar-refractivity contribution in [2.45, 2.75) is 36.4 Å². The molecule has 1 saturated heterocycles. The van der Waals surface area contributed by atoms with Gasteiger partial charge in [0.05, 0.1) is 22.9 Å². The highest BCUT2D eigenvalue weighted by Crippen LogP contribution is 2.67. The number of aliphatic hydroxyl groups is 1. The molecule has 1 fully saturated rings. The monoisotopic (exact) mass is 453 g/mol. The van der Waals surface area contributed by atoms with Crippen molar-refractivity contribution in [2.24, 2.45) is 0 Å². The number of phenolic OH excluding ortho intramolecular Hbond substituents is 1. The van der Waals surface area contributed by atoms with Gasteiger partial charge >= 0.3 is 0 Å². The van der Waals surface area contributed by atoms with Gasteiger partial charge in [-0.15, -0.1) is 0 Å². The summed E-state index contributed by atoms with van der Waals surface area (Å²) in [5.74, 6) is 10.3. The van der Waals surface area contributed by atoms with E-state index in [-0.39, 0.29) is 28.0 Å². The molecular formula is C27H19NO6. The number of ether oxygens (including phenoxy) is 2. The molecule has 34 heavy (non-hydrogen) atoms. The molecule has 2 aliphatic heterocycles. The molecule has 0 spiro atoms. The first-order valence-corrected chi connectivity index (χ1v) is 10.8. The Hall–Kier alpha value is -3.88. The van der Waals surface area contributed by atoms with Crippen LogP contribution in [0.1, 0.15) is 44.3 Å². The molecule has 0 saturated carbocycles. The van der Waals surface area contributed by atoms with E-state index in [4.69, 9.17) is 9.47 Å². The topological polar surface area (TPSA) is 108 Å². The van der Waals surface area contributed by atoms with Gasteiger partial charge in [0, 0.05) is 23.8 Å². The lowest BCUT2D eigenvalue weighted by atomic mass is 9.69. The second kappa shape index (κ2) is 6.82. The van der Waals surface area contributed by atoms with E-state index in [2.05, 4.69) is 29.0 Å². The van der Waals surface area contributed by atoms with Crippen molar-refractivity contribution in [1.82, 2.24) is 0 Å². The van der Waals surface area contributed by atoms with Crippen LogP contribution in [-0.4, -0.2) is 52.7 Å². The van der Waals surface area contributed by atoms with Crippen molar-refractivity contribution < 1.29 is 29.3 Å². The van der Waals surface area contributed by atoms with Gasteiger partial charge in [0.1, 0.15) is 11.8 Å². The van der Waals surface area contributed by atoms with Crippen molar-refractivity contribution in [1.29, 1.82) is 0 Å². The first-order chi connectivity index (χ1) is 16.4. The molecule has 0 aromatic heterocycles. The highest BCUT2D eigenvalue weighted by Gasteiger charge is 2.82. The standard InChI is InChI=1S/C27H19NO6/c1-14(33-2)26-19-11-5-3-4-6-12-20(30)27(26,34-26)17-13-18(29)21-22(23(17)28-19)25(32)16-10-8-7-9-15(16)24(21)31/h3-4,7-10,13-14,19-20,28-30H,1-2H3/b4-3-/t14-,19+,20?,26+,27+/m1/s1. The third-order valence-electron chi connectivity index (χ3n) is 7.20. The molecule has 2 aliphatic carbocycles. The SMILES string of the molecule is CO[C@H](C)[C@@]12O[C@]13c1cc(O)c4c(c1N[C@H]2C#C/C=C\C#CC3O)C(=O)c1ccccc1C4=O. The summed E-state index contributed by atoms with van der Waals surface area (Å²) >= 11 is 0. The van der Waals surface area contributed by atoms with Crippen LogP contribution in [-0.2, 0) is 15.1 Å². The van der Waals surface area contributed by atoms with Gasteiger partial charge in [0.2, 0.25) is 0 Å². The van der Waals surface area contributed by atoms with Crippen LogP contribution in [0.5, 0.6) is 5.75 Å². The van der Waals surface area contributed by atoms with Gasteiger partial charge in [-0.1, -0.05) is 47.9 Å². The average Bonchev–Trinajstić information content (AvgIpc) is 3.57. The number of aromatic hydroxyl groups is 1. The maximum atomic E-state index is 13.6. The summed E-state index contributed by atoms with van der Waals surface area (Å²) in [6.45, 7) is 1.80. The predicted octanol–water partition coefficient (Wildman–Crippen LogP) is 1.90. The number of nitrogens with one attached hydrogen (secondary N) is 1. The zero-order valence-electron chi connectivity index (χ0n) is 18.3. The number of phenols is 1. The van der Waals surface area contributed by atoms with Crippen LogP contribution in [0.25, 0.3) is 0 Å². The summed E-state index contributed by atoms with van der Waals surface area (Å²) in [4.78, 5) is 26.9. The van der Waals surface area contributed by atoms with Crippen molar-refractivity contribution in [3.05, 3.63) is 70.3 Å².